The van der Waals surface area contributed by atoms with Crippen LogP contribution in [0.5, 0.6) is 0 Å². The lowest BCUT2D eigenvalue weighted by atomic mass is 10.1. The second-order valence-electron chi connectivity index (χ2n) is 2.43. The molecule has 0 N–H and O–H groups in total. The Morgan fingerprint density at radius 1 is 1.12 bits per heavy atom. The molecule has 0 saturated carbocycles. The molecule has 0 aliphatic rings. The Morgan fingerprint density at radius 2 is 1.62 bits per heavy atom. The van der Waals surface area contributed by atoms with E-state index >= 15 is 0 Å². The number of hydrogen-bond acceptors (Lipinski definition) is 2. The van der Waals surface area contributed by atoms with Gasteiger partial charge in [0.2, 0.25) is 0 Å². The van der Waals surface area contributed by atoms with E-state index < -0.39 is 0 Å². The minimum absolute atomic E-state index is 0.354. The first kappa shape index (κ1) is 16.8. The Morgan fingerprint density at radius 3 is 2.00 bits per heavy atom. The van der Waals surface area contributed by atoms with Gasteiger partial charge in [0.25, 0.3) is 0 Å². The lowest BCUT2D eigenvalue weighted by molar-refractivity contribution is 0.498. The smallest absolute Gasteiger partial charge is 0.336 e. The van der Waals surface area contributed by atoms with Crippen LogP contribution in [0.25, 0.3) is 12.2 Å². The Balaban J connectivity index is 0. The molecule has 0 aliphatic carbocycles. The lowest BCUT2D eigenvalue weighted by Gasteiger charge is -2.01. The van der Waals surface area contributed by atoms with Crippen LogP contribution in [0, 0.1) is 6.92 Å². The summed E-state index contributed by atoms with van der Waals surface area (Å²) in [6.45, 7) is 17.0. The van der Waals surface area contributed by atoms with Gasteiger partial charge in [0.05, 0.1) is 0 Å². The van der Waals surface area contributed by atoms with Gasteiger partial charge in [0.15, 0.2) is 0 Å². The van der Waals surface area contributed by atoms with Crippen molar-refractivity contribution in [3.05, 3.63) is 46.5 Å². The van der Waals surface area contributed by atoms with Crippen molar-refractivity contribution in [2.45, 2.75) is 34.6 Å². The monoisotopic (exact) mass is 222 g/mol. The van der Waals surface area contributed by atoms with Crippen LogP contribution in [0.2, 0.25) is 0 Å². The van der Waals surface area contributed by atoms with Crippen molar-refractivity contribution >= 4 is 12.2 Å². The molecule has 0 amide bonds. The van der Waals surface area contributed by atoms with Crippen molar-refractivity contribution in [3.8, 4) is 0 Å². The molecule has 0 bridgehead atoms. The van der Waals surface area contributed by atoms with E-state index in [2.05, 4.69) is 13.2 Å². The lowest BCUT2D eigenvalue weighted by Crippen LogP contribution is -2.01. The van der Waals surface area contributed by atoms with Crippen LogP contribution < -0.4 is 5.63 Å². The van der Waals surface area contributed by atoms with Crippen LogP contribution in [0.15, 0.2) is 28.4 Å². The van der Waals surface area contributed by atoms with Crippen molar-refractivity contribution in [2.75, 3.05) is 0 Å². The maximum Gasteiger partial charge on any atom is 0.336 e. The van der Waals surface area contributed by atoms with Crippen LogP contribution in [-0.4, -0.2) is 0 Å². The van der Waals surface area contributed by atoms with Gasteiger partial charge in [-0.05, 0) is 18.6 Å². The van der Waals surface area contributed by atoms with Gasteiger partial charge in [-0.1, -0.05) is 46.9 Å². The molecule has 2 heteroatoms. The fourth-order valence-corrected chi connectivity index (χ4v) is 1.05. The van der Waals surface area contributed by atoms with Crippen molar-refractivity contribution in [1.82, 2.24) is 0 Å². The van der Waals surface area contributed by atoms with Gasteiger partial charge in [0, 0.05) is 11.6 Å². The molecule has 0 spiro atoms. The molecule has 1 heterocycles. The second-order valence-corrected chi connectivity index (χ2v) is 2.43. The molecule has 16 heavy (non-hydrogen) atoms. The van der Waals surface area contributed by atoms with E-state index in [-0.39, 0.29) is 5.63 Å². The molecule has 0 aliphatic heterocycles. The Bertz CT molecular complexity index is 373. The Hall–Kier alpha value is -1.57. The summed E-state index contributed by atoms with van der Waals surface area (Å²) in [7, 11) is 0. The third kappa shape index (κ3) is 4.78. The Labute approximate surface area is 98.3 Å². The predicted molar refractivity (Wildman–Crippen MR) is 72.6 cm³/mol. The molecule has 1 aromatic rings. The highest BCUT2D eigenvalue weighted by molar-refractivity contribution is 5.61. The fraction of sp³-hybridized carbons (Fsp3) is 0.357. The van der Waals surface area contributed by atoms with Gasteiger partial charge in [-0.25, -0.2) is 4.79 Å². The van der Waals surface area contributed by atoms with E-state index in [1.165, 1.54) is 12.1 Å². The normalized spacial score (nSPS) is 7.81. The summed E-state index contributed by atoms with van der Waals surface area (Å²) in [5.41, 5.74) is 1.33. The molecule has 0 atom stereocenters. The van der Waals surface area contributed by atoms with Crippen LogP contribution in [0.4, 0.5) is 0 Å². The molecule has 0 unspecified atom stereocenters. The highest BCUT2D eigenvalue weighted by Gasteiger charge is 2.02. The van der Waals surface area contributed by atoms with E-state index in [0.29, 0.717) is 5.76 Å². The van der Waals surface area contributed by atoms with Gasteiger partial charge in [0.1, 0.15) is 5.76 Å². The summed E-state index contributed by atoms with van der Waals surface area (Å²) in [4.78, 5) is 10.9. The summed E-state index contributed by atoms with van der Waals surface area (Å²) in [5.74, 6) is 0.481. The Kier molecular flexibility index (Phi) is 10.5. The summed E-state index contributed by atoms with van der Waals surface area (Å²) < 4.78 is 4.88. The molecule has 2 nitrogen and oxygen atoms in total. The van der Waals surface area contributed by atoms with Crippen molar-refractivity contribution < 1.29 is 4.42 Å². The first-order chi connectivity index (χ1) is 7.69. The number of aryl methyl sites for hydroxylation is 1. The second kappa shape index (κ2) is 9.97. The van der Waals surface area contributed by atoms with E-state index in [1.807, 2.05) is 34.6 Å². The summed E-state index contributed by atoms with van der Waals surface area (Å²) in [5, 5.41) is 0. The maximum absolute atomic E-state index is 10.9. The van der Waals surface area contributed by atoms with Crippen LogP contribution in [0.3, 0.4) is 0 Å². The highest BCUT2D eigenvalue weighted by Crippen LogP contribution is 2.13. The third-order valence-electron chi connectivity index (χ3n) is 1.62. The zero-order valence-corrected chi connectivity index (χ0v) is 11.0. The first-order valence-electron chi connectivity index (χ1n) is 5.58. The molecular formula is C14H22O2. The largest absolute Gasteiger partial charge is 0.423 e. The van der Waals surface area contributed by atoms with Gasteiger partial charge in [-0.15, -0.1) is 0 Å². The number of rotatable bonds is 2. The number of hydrogen-bond donors (Lipinski definition) is 0. The van der Waals surface area contributed by atoms with Gasteiger partial charge in [-0.3, -0.25) is 0 Å². The van der Waals surface area contributed by atoms with Crippen molar-refractivity contribution in [2.24, 2.45) is 0 Å². The molecule has 0 fully saturated rings. The van der Waals surface area contributed by atoms with E-state index in [4.69, 9.17) is 4.42 Å². The summed E-state index contributed by atoms with van der Waals surface area (Å²) in [6, 6.07) is 1.43. The first-order valence-corrected chi connectivity index (χ1v) is 5.58. The van der Waals surface area contributed by atoms with E-state index in [9.17, 15) is 4.79 Å². The van der Waals surface area contributed by atoms with Gasteiger partial charge >= 0.3 is 5.63 Å². The summed E-state index contributed by atoms with van der Waals surface area (Å²) in [6.07, 6.45) is 3.15. The minimum atomic E-state index is -0.354. The molecule has 1 rings (SSSR count). The topological polar surface area (TPSA) is 30.2 Å². The van der Waals surface area contributed by atoms with Crippen molar-refractivity contribution in [1.29, 1.82) is 0 Å². The average Bonchev–Trinajstić information content (AvgIpc) is 2.33. The predicted octanol–water partition coefficient (Wildman–Crippen LogP) is 4.29. The fourth-order valence-electron chi connectivity index (χ4n) is 1.05. The average molecular weight is 222 g/mol. The highest BCUT2D eigenvalue weighted by atomic mass is 16.4. The molecule has 0 radical (unpaired) electrons. The standard InChI is InChI=1S/C10H10O2.2C2H6/c1-4-8-7(3)6-10(11)12-9(8)5-2;2*1-2/h4-6H,1-2H2,3H3;2*1-2H3. The van der Waals surface area contributed by atoms with Gasteiger partial charge in [-0.2, -0.15) is 0 Å². The summed E-state index contributed by atoms with van der Waals surface area (Å²) >= 11 is 0. The third-order valence-corrected chi connectivity index (χ3v) is 1.62. The van der Waals surface area contributed by atoms with Crippen LogP contribution in [-0.2, 0) is 0 Å². The molecule has 1 aromatic heterocycles. The molecule has 90 valence electrons. The van der Waals surface area contributed by atoms with Crippen molar-refractivity contribution in [3.63, 3.8) is 0 Å². The van der Waals surface area contributed by atoms with E-state index in [0.717, 1.165) is 11.1 Å². The minimum Gasteiger partial charge on any atom is -0.423 e. The molecule has 0 aromatic carbocycles. The van der Waals surface area contributed by atoms with Crippen LogP contribution >= 0.6 is 0 Å². The quantitative estimate of drug-likeness (QED) is 0.747. The SMILES string of the molecule is C=Cc1oc(=O)cc(C)c1C=C.CC.CC. The van der Waals surface area contributed by atoms with Gasteiger partial charge < -0.3 is 4.42 Å². The zero-order chi connectivity index (χ0) is 13.1. The van der Waals surface area contributed by atoms with E-state index in [1.54, 1.807) is 6.08 Å². The van der Waals surface area contributed by atoms with Crippen LogP contribution in [0.1, 0.15) is 44.6 Å². The zero-order valence-electron chi connectivity index (χ0n) is 11.0. The molecular weight excluding hydrogens is 200 g/mol. The maximum atomic E-state index is 10.9. The molecule has 0 saturated heterocycles.